The molecule has 6 aliphatic rings. The van der Waals surface area contributed by atoms with Crippen LogP contribution in [0.3, 0.4) is 0 Å². The highest BCUT2D eigenvalue weighted by Crippen LogP contribution is 2.55. The van der Waals surface area contributed by atoms with Gasteiger partial charge in [-0.25, -0.2) is 0 Å². The van der Waals surface area contributed by atoms with Gasteiger partial charge in [0.05, 0.1) is 0 Å². The number of hydrogen-bond donors (Lipinski definition) is 8. The molecule has 0 aliphatic carbocycles. The van der Waals surface area contributed by atoms with Crippen LogP contribution < -0.4 is 43.8 Å². The minimum Gasteiger partial charge on any atom is -0.373 e. The van der Waals surface area contributed by atoms with Gasteiger partial charge >= 0.3 is 195 Å². The molecule has 116 heavy (non-hydrogen) atoms. The van der Waals surface area contributed by atoms with E-state index in [-0.39, 0.29) is 0 Å². The lowest BCUT2D eigenvalue weighted by molar-refractivity contribution is -0.0586. The molecule has 0 radical (unpaired) electrons. The van der Waals surface area contributed by atoms with Crippen molar-refractivity contribution in [2.24, 2.45) is 0 Å². The molecule has 6 aliphatic heterocycles. The summed E-state index contributed by atoms with van der Waals surface area (Å²) >= 11 is 0. The van der Waals surface area contributed by atoms with E-state index in [0.717, 1.165) is 0 Å². The molecule has 0 amide bonds. The van der Waals surface area contributed by atoms with Gasteiger partial charge in [0, 0.05) is 101 Å². The van der Waals surface area contributed by atoms with Gasteiger partial charge in [-0.05, 0) is 51.4 Å². The Morgan fingerprint density at radius 3 is 0.319 bits per heavy atom. The van der Waals surface area contributed by atoms with Crippen LogP contribution in [0.1, 0.15) is 51.4 Å². The van der Waals surface area contributed by atoms with Gasteiger partial charge in [-0.1, -0.05) is 0 Å². The molecule has 8 bridgehead atoms. The first kappa shape index (κ1) is 105. The average Bonchev–Trinajstić information content (AvgIpc) is 0.685. The molecule has 0 atom stereocenters. The summed E-state index contributed by atoms with van der Waals surface area (Å²) in [4.78, 5) is 0. The molecule has 44 nitrogen and oxygen atoms in total. The first-order valence-corrected chi connectivity index (χ1v) is 57.1. The smallest absolute Gasteiger partial charge is 0.373 e. The topological polar surface area (TPSA) is 554 Å². The summed E-state index contributed by atoms with van der Waals surface area (Å²) in [7, 11) is -105. The molecule has 6 saturated heterocycles. The van der Waals surface area contributed by atoms with Crippen LogP contribution in [0.4, 0.5) is 105 Å². The summed E-state index contributed by atoms with van der Waals surface area (Å²) in [6.45, 7) is -11.1. The van der Waals surface area contributed by atoms with Crippen molar-refractivity contribution in [3.63, 3.8) is 0 Å². The van der Waals surface area contributed by atoms with Crippen molar-refractivity contribution in [2.75, 3.05) is 52.4 Å². The molecule has 84 heteroatoms. The lowest BCUT2D eigenvalue weighted by Gasteiger charge is -2.63. The van der Waals surface area contributed by atoms with Crippen molar-refractivity contribution in [3.8, 4) is 0 Å². The van der Waals surface area contributed by atoms with Gasteiger partial charge in [0.2, 0.25) is 0 Å². The minimum atomic E-state index is -6.73. The second-order valence-corrected chi connectivity index (χ2v) is 59.6. The summed E-state index contributed by atoms with van der Waals surface area (Å²) in [6.07, 6.45) is -9.78. The molecule has 0 spiro atoms. The SMILES string of the molecule is O=S(=O)(ONCCC[Si]12O[Si]3(CCCNOS(=O)(=O)C(F)(F)F)O[Si]4(CCCNOS(=O)(=O)C(F)(F)F)O[Si](CCCNOS(=O)(=O)C(F)(F)F)(O1)O[Si]1(CCCNOS(=O)(=O)C(F)(F)F)O[Si](CCCNOS(=O)(=O)C(F)(F)F)(O2)O[Si](CCCNOS(=O)(=O)C(F)(F)F)(O3)O[Si](CCCNOS(=O)(=O)C(F)(F)F)(O4)O1)C(F)(F)F. The highest BCUT2D eigenvalue weighted by atomic mass is 32.3. The number of halogens is 24. The highest BCUT2D eigenvalue weighted by Gasteiger charge is 2.83. The molecule has 6 heterocycles. The van der Waals surface area contributed by atoms with Crippen LogP contribution in [0.2, 0.25) is 48.4 Å². The number of hydrogen-bond acceptors (Lipinski definition) is 44. The molecule has 0 aromatic carbocycles. The zero-order valence-corrected chi connectivity index (χ0v) is 70.5. The van der Waals surface area contributed by atoms with Gasteiger partial charge in [0.25, 0.3) is 0 Å². The lowest BCUT2D eigenvalue weighted by Crippen LogP contribution is -2.88. The first-order chi connectivity index (χ1) is 52.1. The standard InChI is InChI=1S/C32H56F24N8O36S8Si8/c33-25(34,35)101(65,66)81-57-9-1-17-109-89-110(18-2-10-58-82-102(67,68)26(36,37)38)92-113(21-5-13-61-85-105(73,74)29(45,46)47)94-111(90-109,19-3-11-59-83-103(69,70)27(39,40)41)96-115(23-7-15-63-87-107(77,78)31(51,52)53)97-112(91-109,20-4-12-60-84-104(71,72)28(42,43)44)95-114(93-110,22-6-14-62-86-106(75,76)30(48,49)50)99-116(98-113,100-115)24-8-16-64-88-108(79,80)32(54,55)56/h57-64H,1-24H2. The first-order valence-electron chi connectivity index (χ1n) is 30.4. The van der Waals surface area contributed by atoms with Crippen LogP contribution in [0.15, 0.2) is 0 Å². The van der Waals surface area contributed by atoms with E-state index in [2.05, 4.69) is 34.3 Å². The lowest BCUT2D eigenvalue weighted by atomic mass is 10.5. The van der Waals surface area contributed by atoms with Crippen LogP contribution in [0.25, 0.3) is 0 Å². The van der Waals surface area contributed by atoms with Gasteiger partial charge < -0.3 is 49.4 Å². The average molecular weight is 2070 g/mol. The fraction of sp³-hybridized carbons (Fsp3) is 1.00. The van der Waals surface area contributed by atoms with Gasteiger partial charge in [0.1, 0.15) is 0 Å². The molecule has 0 aromatic heterocycles. The Labute approximate surface area is 644 Å². The predicted molar refractivity (Wildman–Crippen MR) is 327 cm³/mol. The molecule has 0 saturated carbocycles. The van der Waals surface area contributed by atoms with Crippen molar-refractivity contribution in [3.05, 3.63) is 0 Å². The second-order valence-electron chi connectivity index (χ2n) is 22.5. The third-order valence-electron chi connectivity index (χ3n) is 13.4. The molecule has 0 unspecified atom stereocenters. The molecule has 8 N–H and O–H groups in total. The van der Waals surface area contributed by atoms with E-state index in [9.17, 15) is 173 Å². The monoisotopic (exact) mass is 2060 g/mol. The van der Waals surface area contributed by atoms with Crippen molar-refractivity contribution in [1.82, 2.24) is 43.8 Å². The third kappa shape index (κ3) is 28.3. The van der Waals surface area contributed by atoms with Crippen LogP contribution in [-0.4, -0.2) is 234 Å². The largest absolute Gasteiger partial charge is 0.524 e. The van der Waals surface area contributed by atoms with Gasteiger partial charge in [-0.2, -0.15) is 251 Å². The highest BCUT2D eigenvalue weighted by molar-refractivity contribution is 7.89. The van der Waals surface area contributed by atoms with Crippen molar-refractivity contribution in [1.29, 1.82) is 0 Å². The maximum Gasteiger partial charge on any atom is 0.524 e. The maximum absolute atomic E-state index is 13.6. The molecule has 6 fully saturated rings. The van der Waals surface area contributed by atoms with E-state index >= 15 is 0 Å². The summed E-state index contributed by atoms with van der Waals surface area (Å²) in [6, 6.07) is -11.7. The summed E-state index contributed by atoms with van der Waals surface area (Å²) in [5.74, 6) is 0. The number of nitrogens with one attached hydrogen (secondary N) is 8. The van der Waals surface area contributed by atoms with Crippen LogP contribution in [0, 0.1) is 0 Å². The molecule has 6 rings (SSSR count). The Bertz CT molecular complexity index is 3420. The maximum atomic E-state index is 13.6. The fourth-order valence-corrected chi connectivity index (χ4v) is 62.0. The minimum absolute atomic E-state index is 1.22. The predicted octanol–water partition coefficient (Wildman–Crippen LogP) is 1.85. The number of hydroxylamine groups is 8. The van der Waals surface area contributed by atoms with Gasteiger partial charge in [-0.3, -0.25) is 0 Å². The van der Waals surface area contributed by atoms with E-state index < -0.39 is 348 Å². The van der Waals surface area contributed by atoms with E-state index in [1.54, 1.807) is 0 Å². The normalized spacial score (nSPS) is 27.4. The Balaban J connectivity index is 2.02. The van der Waals surface area contributed by atoms with Gasteiger partial charge in [-0.15, -0.1) is 0 Å². The quantitative estimate of drug-likeness (QED) is 0.0142. The van der Waals surface area contributed by atoms with Crippen LogP contribution >= 0.6 is 0 Å². The molecule has 688 valence electrons. The summed E-state index contributed by atoms with van der Waals surface area (Å²) in [5.41, 5.74) is -39.8. The van der Waals surface area contributed by atoms with E-state index in [4.69, 9.17) is 49.4 Å². The van der Waals surface area contributed by atoms with Crippen molar-refractivity contribution in [2.45, 2.75) is 144 Å². The van der Waals surface area contributed by atoms with Crippen molar-refractivity contribution < 1.29 is 256 Å². The summed E-state index contributed by atoms with van der Waals surface area (Å²) in [5, 5.41) is 0. The van der Waals surface area contributed by atoms with Gasteiger partial charge in [0.15, 0.2) is 0 Å². The van der Waals surface area contributed by atoms with Crippen LogP contribution in [-0.2, 0) is 165 Å². The Hall–Kier alpha value is -1.46. The third-order valence-corrected chi connectivity index (χ3v) is 58.3. The van der Waals surface area contributed by atoms with Crippen LogP contribution in [0.5, 0.6) is 0 Å². The summed E-state index contributed by atoms with van der Waals surface area (Å²) < 4.78 is 630. The number of rotatable bonds is 48. The Kier molecular flexibility index (Phi) is 34.4. The zero-order chi connectivity index (χ0) is 88.8. The van der Waals surface area contributed by atoms with E-state index in [1.165, 1.54) is 43.8 Å². The molecular weight excluding hydrogens is 2010 g/mol. The Morgan fingerprint density at radius 2 is 0.250 bits per heavy atom. The van der Waals surface area contributed by atoms with Crippen molar-refractivity contribution >= 4 is 151 Å². The Morgan fingerprint density at radius 1 is 0.172 bits per heavy atom. The molecule has 0 aromatic rings. The van der Waals surface area contributed by atoms with E-state index in [1.807, 2.05) is 0 Å². The number of alkyl halides is 24. The molecular formula is C32H56F24N8O36S8Si8. The fourth-order valence-electron chi connectivity index (χ4n) is 8.92. The van der Waals surface area contributed by atoms with E-state index in [0.29, 0.717) is 0 Å². The second kappa shape index (κ2) is 38.0. The zero-order valence-electron chi connectivity index (χ0n) is 56.0.